The maximum Gasteiger partial charge on any atom is 0.174 e. The van der Waals surface area contributed by atoms with E-state index in [2.05, 4.69) is 5.32 Å². The SMILES string of the molecule is Cc1ccc(CNc2cccc(OCC#N)c2)cc1F. The van der Waals surface area contributed by atoms with E-state index in [-0.39, 0.29) is 12.4 Å². The summed E-state index contributed by atoms with van der Waals surface area (Å²) in [6.45, 7) is 2.29. The summed E-state index contributed by atoms with van der Waals surface area (Å²) in [5, 5.41) is 11.7. The number of anilines is 1. The van der Waals surface area contributed by atoms with Crippen molar-refractivity contribution in [2.24, 2.45) is 0 Å². The quantitative estimate of drug-likeness (QED) is 0.902. The van der Waals surface area contributed by atoms with Gasteiger partial charge >= 0.3 is 0 Å². The number of nitrogens with one attached hydrogen (secondary N) is 1. The van der Waals surface area contributed by atoms with E-state index in [1.807, 2.05) is 30.3 Å². The van der Waals surface area contributed by atoms with Gasteiger partial charge in [-0.05, 0) is 36.2 Å². The molecule has 0 aliphatic carbocycles. The van der Waals surface area contributed by atoms with Crippen LogP contribution in [0.15, 0.2) is 42.5 Å². The zero-order valence-electron chi connectivity index (χ0n) is 11.2. The lowest BCUT2D eigenvalue weighted by molar-refractivity contribution is 0.368. The molecule has 1 N–H and O–H groups in total. The zero-order chi connectivity index (χ0) is 14.4. The zero-order valence-corrected chi connectivity index (χ0v) is 11.2. The second-order valence-electron chi connectivity index (χ2n) is 4.41. The van der Waals surface area contributed by atoms with E-state index in [9.17, 15) is 4.39 Å². The molecule has 0 radical (unpaired) electrons. The van der Waals surface area contributed by atoms with Crippen molar-refractivity contribution in [3.05, 3.63) is 59.4 Å². The van der Waals surface area contributed by atoms with Crippen molar-refractivity contribution in [3.63, 3.8) is 0 Å². The highest BCUT2D eigenvalue weighted by molar-refractivity contribution is 5.48. The van der Waals surface area contributed by atoms with E-state index < -0.39 is 0 Å². The Labute approximate surface area is 117 Å². The van der Waals surface area contributed by atoms with Gasteiger partial charge in [0, 0.05) is 18.3 Å². The van der Waals surface area contributed by atoms with Gasteiger partial charge in [0.2, 0.25) is 0 Å². The highest BCUT2D eigenvalue weighted by Gasteiger charge is 2.00. The standard InChI is InChI=1S/C16H15FN2O/c1-12-5-6-13(9-16(12)17)11-19-14-3-2-4-15(10-14)20-8-7-18/h2-6,9-10,19H,8,11H2,1H3. The molecular weight excluding hydrogens is 255 g/mol. The molecule has 2 rings (SSSR count). The van der Waals surface area contributed by atoms with Gasteiger partial charge in [-0.25, -0.2) is 4.39 Å². The molecule has 0 saturated carbocycles. The molecule has 0 aliphatic heterocycles. The van der Waals surface area contributed by atoms with E-state index in [0.717, 1.165) is 11.3 Å². The van der Waals surface area contributed by atoms with Crippen LogP contribution >= 0.6 is 0 Å². The van der Waals surface area contributed by atoms with Gasteiger partial charge in [-0.15, -0.1) is 0 Å². The fourth-order valence-electron chi connectivity index (χ4n) is 1.76. The summed E-state index contributed by atoms with van der Waals surface area (Å²) >= 11 is 0. The summed E-state index contributed by atoms with van der Waals surface area (Å²) < 4.78 is 18.7. The Morgan fingerprint density at radius 3 is 2.85 bits per heavy atom. The summed E-state index contributed by atoms with van der Waals surface area (Å²) in [6, 6.07) is 14.4. The minimum atomic E-state index is -0.199. The summed E-state index contributed by atoms with van der Waals surface area (Å²) in [4.78, 5) is 0. The van der Waals surface area contributed by atoms with Gasteiger partial charge in [0.15, 0.2) is 6.61 Å². The number of halogens is 1. The number of nitrogens with zero attached hydrogens (tertiary/aromatic N) is 1. The summed E-state index contributed by atoms with van der Waals surface area (Å²) in [7, 11) is 0. The van der Waals surface area contributed by atoms with Crippen LogP contribution in [-0.2, 0) is 6.54 Å². The molecule has 0 saturated heterocycles. The van der Waals surface area contributed by atoms with Crippen molar-refractivity contribution < 1.29 is 9.13 Å². The van der Waals surface area contributed by atoms with Crippen LogP contribution in [0.5, 0.6) is 5.75 Å². The number of aryl methyl sites for hydroxylation is 1. The lowest BCUT2D eigenvalue weighted by Gasteiger charge is -2.09. The van der Waals surface area contributed by atoms with Gasteiger partial charge in [-0.2, -0.15) is 5.26 Å². The van der Waals surface area contributed by atoms with Crippen LogP contribution < -0.4 is 10.1 Å². The van der Waals surface area contributed by atoms with Gasteiger partial charge in [0.25, 0.3) is 0 Å². The Kier molecular flexibility index (Phi) is 4.56. The normalized spacial score (nSPS) is 9.85. The Bertz CT molecular complexity index is 635. The molecule has 2 aromatic carbocycles. The van der Waals surface area contributed by atoms with Crippen LogP contribution in [0.1, 0.15) is 11.1 Å². The van der Waals surface area contributed by atoms with Crippen LogP contribution in [0.4, 0.5) is 10.1 Å². The van der Waals surface area contributed by atoms with E-state index in [0.29, 0.717) is 17.9 Å². The predicted octanol–water partition coefficient (Wildman–Crippen LogP) is 3.65. The third-order valence-corrected chi connectivity index (χ3v) is 2.87. The maximum absolute atomic E-state index is 13.4. The number of hydrogen-bond donors (Lipinski definition) is 1. The first kappa shape index (κ1) is 13.9. The maximum atomic E-state index is 13.4. The number of nitriles is 1. The van der Waals surface area contributed by atoms with Crippen molar-refractivity contribution in [3.8, 4) is 11.8 Å². The van der Waals surface area contributed by atoms with E-state index in [1.54, 1.807) is 19.1 Å². The highest BCUT2D eigenvalue weighted by atomic mass is 19.1. The van der Waals surface area contributed by atoms with Gasteiger partial charge < -0.3 is 10.1 Å². The molecule has 0 heterocycles. The van der Waals surface area contributed by atoms with Crippen LogP contribution in [0.3, 0.4) is 0 Å². The minimum absolute atomic E-state index is 0.0205. The molecule has 0 amide bonds. The molecule has 0 fully saturated rings. The second-order valence-corrected chi connectivity index (χ2v) is 4.41. The molecule has 2 aromatic rings. The van der Waals surface area contributed by atoms with Gasteiger partial charge in [-0.1, -0.05) is 18.2 Å². The molecule has 0 atom stereocenters. The number of ether oxygens (including phenoxy) is 1. The van der Waals surface area contributed by atoms with Crippen molar-refractivity contribution in [2.75, 3.05) is 11.9 Å². The first-order valence-electron chi connectivity index (χ1n) is 6.28. The molecule has 3 nitrogen and oxygen atoms in total. The smallest absolute Gasteiger partial charge is 0.174 e. The molecular formula is C16H15FN2O. The molecule has 0 aliphatic rings. The van der Waals surface area contributed by atoms with Gasteiger partial charge in [-0.3, -0.25) is 0 Å². The number of hydrogen-bond acceptors (Lipinski definition) is 3. The lowest BCUT2D eigenvalue weighted by atomic mass is 10.1. The Hall–Kier alpha value is -2.54. The van der Waals surface area contributed by atoms with Crippen LogP contribution in [0.2, 0.25) is 0 Å². The Morgan fingerprint density at radius 1 is 1.25 bits per heavy atom. The molecule has 20 heavy (non-hydrogen) atoms. The van der Waals surface area contributed by atoms with Gasteiger partial charge in [0.1, 0.15) is 17.6 Å². The van der Waals surface area contributed by atoms with Crippen LogP contribution in [-0.4, -0.2) is 6.61 Å². The van der Waals surface area contributed by atoms with Crippen molar-refractivity contribution in [1.82, 2.24) is 0 Å². The number of rotatable bonds is 5. The van der Waals surface area contributed by atoms with Gasteiger partial charge in [0.05, 0.1) is 0 Å². The Morgan fingerprint density at radius 2 is 2.10 bits per heavy atom. The summed E-state index contributed by atoms with van der Waals surface area (Å²) in [5.41, 5.74) is 2.37. The Balaban J connectivity index is 1.99. The predicted molar refractivity (Wildman–Crippen MR) is 76.0 cm³/mol. The minimum Gasteiger partial charge on any atom is -0.479 e. The van der Waals surface area contributed by atoms with E-state index >= 15 is 0 Å². The third-order valence-electron chi connectivity index (χ3n) is 2.87. The van der Waals surface area contributed by atoms with E-state index in [1.165, 1.54) is 6.07 Å². The third kappa shape index (κ3) is 3.72. The molecule has 0 unspecified atom stereocenters. The fourth-order valence-corrected chi connectivity index (χ4v) is 1.76. The topological polar surface area (TPSA) is 45.0 Å². The molecule has 0 bridgehead atoms. The fraction of sp³-hybridized carbons (Fsp3) is 0.188. The largest absolute Gasteiger partial charge is 0.479 e. The monoisotopic (exact) mass is 270 g/mol. The average molecular weight is 270 g/mol. The molecule has 0 spiro atoms. The number of benzene rings is 2. The molecule has 102 valence electrons. The summed E-state index contributed by atoms with van der Waals surface area (Å²) in [6.07, 6.45) is 0. The second kappa shape index (κ2) is 6.58. The van der Waals surface area contributed by atoms with Crippen molar-refractivity contribution in [1.29, 1.82) is 5.26 Å². The molecule has 4 heteroatoms. The van der Waals surface area contributed by atoms with Crippen molar-refractivity contribution in [2.45, 2.75) is 13.5 Å². The highest BCUT2D eigenvalue weighted by Crippen LogP contribution is 2.18. The summed E-state index contributed by atoms with van der Waals surface area (Å²) in [5.74, 6) is 0.432. The van der Waals surface area contributed by atoms with E-state index in [4.69, 9.17) is 10.00 Å². The first-order chi connectivity index (χ1) is 9.69. The van der Waals surface area contributed by atoms with Crippen LogP contribution in [0, 0.1) is 24.1 Å². The van der Waals surface area contributed by atoms with Crippen LogP contribution in [0.25, 0.3) is 0 Å². The van der Waals surface area contributed by atoms with Crippen molar-refractivity contribution >= 4 is 5.69 Å². The molecule has 0 aromatic heterocycles. The first-order valence-corrected chi connectivity index (χ1v) is 6.28. The average Bonchev–Trinajstić information content (AvgIpc) is 2.47. The lowest BCUT2D eigenvalue weighted by Crippen LogP contribution is -2.01.